The van der Waals surface area contributed by atoms with E-state index in [1.54, 1.807) is 0 Å². The average molecular weight is 318 g/mol. The highest BCUT2D eigenvalue weighted by Crippen LogP contribution is 2.26. The van der Waals surface area contributed by atoms with E-state index in [1.165, 1.54) is 0 Å². The highest BCUT2D eigenvalue weighted by atomic mass is 16.5. The van der Waals surface area contributed by atoms with Crippen LogP contribution < -0.4 is 10.5 Å². The molecule has 128 valence electrons. The lowest BCUT2D eigenvalue weighted by molar-refractivity contribution is -0.133. The molecule has 2 N–H and O–H groups in total. The summed E-state index contributed by atoms with van der Waals surface area (Å²) in [5.41, 5.74) is 6.80. The zero-order valence-electron chi connectivity index (χ0n) is 14.6. The monoisotopic (exact) mass is 318 g/mol. The van der Waals surface area contributed by atoms with Gasteiger partial charge in [-0.3, -0.25) is 4.79 Å². The Morgan fingerprint density at radius 1 is 1.35 bits per heavy atom. The molecule has 1 unspecified atom stereocenters. The summed E-state index contributed by atoms with van der Waals surface area (Å²) in [6.07, 6.45) is 5.56. The first kappa shape index (κ1) is 17.8. The van der Waals surface area contributed by atoms with Gasteiger partial charge in [0.1, 0.15) is 5.75 Å². The summed E-state index contributed by atoms with van der Waals surface area (Å²) in [5.74, 6) is 0.987. The van der Waals surface area contributed by atoms with E-state index in [0.29, 0.717) is 12.5 Å². The predicted octanol–water partition coefficient (Wildman–Crippen LogP) is 3.13. The minimum Gasteiger partial charge on any atom is -0.490 e. The molecule has 0 spiro atoms. The van der Waals surface area contributed by atoms with E-state index in [0.717, 1.165) is 43.4 Å². The molecule has 1 fully saturated rings. The van der Waals surface area contributed by atoms with Crippen molar-refractivity contribution in [3.8, 4) is 5.75 Å². The minimum absolute atomic E-state index is 0.140. The molecule has 0 aliphatic heterocycles. The Bertz CT molecular complexity index is 512. The summed E-state index contributed by atoms with van der Waals surface area (Å²) < 4.78 is 6.14. The lowest BCUT2D eigenvalue weighted by atomic mass is 9.86. The standard InChI is InChI=1S/C19H30N2O2/c1-4-8-17(5-2)23-18-10-7-6-9-14(18)11-19(22)21(3)16-12-15(20)13-16/h6-7,9-10,15-17H,4-5,8,11-13,20H2,1-3H3. The number of rotatable bonds is 8. The first-order valence-corrected chi connectivity index (χ1v) is 8.80. The van der Waals surface area contributed by atoms with Gasteiger partial charge in [-0.1, -0.05) is 38.5 Å². The number of para-hydroxylation sites is 1. The largest absolute Gasteiger partial charge is 0.490 e. The fourth-order valence-electron chi connectivity index (χ4n) is 3.05. The van der Waals surface area contributed by atoms with Gasteiger partial charge >= 0.3 is 0 Å². The lowest BCUT2D eigenvalue weighted by Gasteiger charge is -2.39. The zero-order valence-corrected chi connectivity index (χ0v) is 14.6. The molecular weight excluding hydrogens is 288 g/mol. The maximum atomic E-state index is 12.5. The third-order valence-electron chi connectivity index (χ3n) is 4.76. The second-order valence-corrected chi connectivity index (χ2v) is 6.61. The third kappa shape index (κ3) is 4.71. The number of benzene rings is 1. The van der Waals surface area contributed by atoms with E-state index in [1.807, 2.05) is 36.2 Å². The van der Waals surface area contributed by atoms with Crippen LogP contribution in [0.1, 0.15) is 51.5 Å². The number of nitrogens with zero attached hydrogens (tertiary/aromatic N) is 1. The van der Waals surface area contributed by atoms with Crippen LogP contribution in [0.25, 0.3) is 0 Å². The molecule has 23 heavy (non-hydrogen) atoms. The highest BCUT2D eigenvalue weighted by molar-refractivity contribution is 5.79. The molecule has 0 radical (unpaired) electrons. The number of nitrogens with two attached hydrogens (primary N) is 1. The van der Waals surface area contributed by atoms with Crippen LogP contribution in [-0.4, -0.2) is 36.0 Å². The molecule has 4 nitrogen and oxygen atoms in total. The Morgan fingerprint density at radius 2 is 2.04 bits per heavy atom. The Morgan fingerprint density at radius 3 is 2.65 bits per heavy atom. The molecule has 1 saturated carbocycles. The SMILES string of the molecule is CCCC(CC)Oc1ccccc1CC(=O)N(C)C1CC(N)C1. The summed E-state index contributed by atoms with van der Waals surface area (Å²) in [5, 5.41) is 0. The molecule has 1 atom stereocenters. The molecule has 1 aromatic carbocycles. The van der Waals surface area contributed by atoms with Crippen molar-refractivity contribution in [1.29, 1.82) is 0 Å². The van der Waals surface area contributed by atoms with E-state index in [-0.39, 0.29) is 18.1 Å². The molecule has 0 aromatic heterocycles. The maximum absolute atomic E-state index is 12.5. The third-order valence-corrected chi connectivity index (χ3v) is 4.76. The smallest absolute Gasteiger partial charge is 0.227 e. The van der Waals surface area contributed by atoms with Gasteiger partial charge in [0.25, 0.3) is 0 Å². The van der Waals surface area contributed by atoms with E-state index in [4.69, 9.17) is 10.5 Å². The molecule has 2 rings (SSSR count). The molecule has 1 aliphatic rings. The zero-order chi connectivity index (χ0) is 16.8. The van der Waals surface area contributed by atoms with Crippen LogP contribution in [0, 0.1) is 0 Å². The molecule has 1 aromatic rings. The van der Waals surface area contributed by atoms with E-state index in [9.17, 15) is 4.79 Å². The maximum Gasteiger partial charge on any atom is 0.227 e. The quantitative estimate of drug-likeness (QED) is 0.801. The number of ether oxygens (including phenoxy) is 1. The van der Waals surface area contributed by atoms with Gasteiger partial charge in [0.15, 0.2) is 0 Å². The molecule has 0 heterocycles. The molecule has 1 amide bonds. The van der Waals surface area contributed by atoms with E-state index >= 15 is 0 Å². The Kier molecular flexibility index (Phi) is 6.46. The van der Waals surface area contributed by atoms with Gasteiger partial charge in [-0.25, -0.2) is 0 Å². The molecule has 1 aliphatic carbocycles. The van der Waals surface area contributed by atoms with Gasteiger partial charge < -0.3 is 15.4 Å². The molecular formula is C19H30N2O2. The van der Waals surface area contributed by atoms with Crippen LogP contribution in [0.5, 0.6) is 5.75 Å². The molecule has 4 heteroatoms. The van der Waals surface area contributed by atoms with Gasteiger partial charge in [0.2, 0.25) is 5.91 Å². The fourth-order valence-corrected chi connectivity index (χ4v) is 3.05. The van der Waals surface area contributed by atoms with Crippen molar-refractivity contribution in [2.24, 2.45) is 5.73 Å². The summed E-state index contributed by atoms with van der Waals surface area (Å²) in [7, 11) is 1.88. The van der Waals surface area contributed by atoms with Crippen molar-refractivity contribution < 1.29 is 9.53 Å². The predicted molar refractivity (Wildman–Crippen MR) is 93.5 cm³/mol. The number of carbonyl (C=O) groups excluding carboxylic acids is 1. The van der Waals surface area contributed by atoms with Crippen LogP contribution >= 0.6 is 0 Å². The van der Waals surface area contributed by atoms with E-state index < -0.39 is 0 Å². The average Bonchev–Trinajstić information content (AvgIpc) is 2.52. The van der Waals surface area contributed by atoms with Crippen LogP contribution in [0.4, 0.5) is 0 Å². The van der Waals surface area contributed by atoms with Crippen molar-refractivity contribution in [1.82, 2.24) is 4.90 Å². The highest BCUT2D eigenvalue weighted by Gasteiger charge is 2.31. The normalized spacial score (nSPS) is 21.4. The van der Waals surface area contributed by atoms with Crippen molar-refractivity contribution in [2.75, 3.05) is 7.05 Å². The van der Waals surface area contributed by atoms with Crippen LogP contribution in [0.15, 0.2) is 24.3 Å². The Balaban J connectivity index is 2.00. The summed E-state index contributed by atoms with van der Waals surface area (Å²) in [6, 6.07) is 8.46. The van der Waals surface area contributed by atoms with Crippen molar-refractivity contribution in [3.63, 3.8) is 0 Å². The summed E-state index contributed by atoms with van der Waals surface area (Å²) in [4.78, 5) is 14.4. The lowest BCUT2D eigenvalue weighted by Crippen LogP contribution is -2.51. The number of likely N-dealkylation sites (N-methyl/N-ethyl adjacent to an activating group) is 1. The van der Waals surface area contributed by atoms with Crippen molar-refractivity contribution in [2.45, 2.75) is 70.6 Å². The molecule has 0 saturated heterocycles. The number of hydrogen-bond acceptors (Lipinski definition) is 3. The van der Waals surface area contributed by atoms with Gasteiger partial charge in [0.05, 0.1) is 12.5 Å². The minimum atomic E-state index is 0.140. The van der Waals surface area contributed by atoms with Crippen LogP contribution in [0.3, 0.4) is 0 Å². The summed E-state index contributed by atoms with van der Waals surface area (Å²) >= 11 is 0. The number of hydrogen-bond donors (Lipinski definition) is 1. The van der Waals surface area contributed by atoms with Gasteiger partial charge in [-0.15, -0.1) is 0 Å². The number of amides is 1. The second kappa shape index (κ2) is 8.34. The van der Waals surface area contributed by atoms with Crippen molar-refractivity contribution in [3.05, 3.63) is 29.8 Å². The Labute approximate surface area is 140 Å². The number of carbonyl (C=O) groups is 1. The van der Waals surface area contributed by atoms with Crippen molar-refractivity contribution >= 4 is 5.91 Å². The fraction of sp³-hybridized carbons (Fsp3) is 0.632. The van der Waals surface area contributed by atoms with Gasteiger partial charge in [-0.2, -0.15) is 0 Å². The first-order valence-electron chi connectivity index (χ1n) is 8.80. The van der Waals surface area contributed by atoms with Crippen LogP contribution in [-0.2, 0) is 11.2 Å². The van der Waals surface area contributed by atoms with Gasteiger partial charge in [-0.05, 0) is 31.7 Å². The summed E-state index contributed by atoms with van der Waals surface area (Å²) in [6.45, 7) is 4.31. The second-order valence-electron chi connectivity index (χ2n) is 6.61. The van der Waals surface area contributed by atoms with E-state index in [2.05, 4.69) is 13.8 Å². The topological polar surface area (TPSA) is 55.6 Å². The van der Waals surface area contributed by atoms with Crippen LogP contribution in [0.2, 0.25) is 0 Å². The van der Waals surface area contributed by atoms with Gasteiger partial charge in [0, 0.05) is 24.7 Å². The molecule has 0 bridgehead atoms. The Hall–Kier alpha value is -1.55. The first-order chi connectivity index (χ1) is 11.0.